The molecule has 0 amide bonds. The molecule has 4 heteroatoms. The minimum atomic E-state index is 0.298. The molecule has 0 radical (unpaired) electrons. The van der Waals surface area contributed by atoms with Crippen LogP contribution in [-0.2, 0) is 10.2 Å². The van der Waals surface area contributed by atoms with Crippen LogP contribution in [0.5, 0.6) is 0 Å². The molecule has 0 aromatic carbocycles. The van der Waals surface area contributed by atoms with Crippen molar-refractivity contribution < 1.29 is 4.74 Å². The van der Waals surface area contributed by atoms with Crippen LogP contribution in [0.15, 0.2) is 15.9 Å². The maximum atomic E-state index is 5.54. The Kier molecular flexibility index (Phi) is 2.66. The van der Waals surface area contributed by atoms with Crippen LogP contribution >= 0.6 is 27.3 Å². The van der Waals surface area contributed by atoms with Crippen molar-refractivity contribution in [2.45, 2.75) is 18.3 Å². The molecule has 16 heavy (non-hydrogen) atoms. The van der Waals surface area contributed by atoms with Crippen molar-refractivity contribution in [3.8, 4) is 0 Å². The van der Waals surface area contributed by atoms with E-state index in [1.165, 1.54) is 22.2 Å². The normalized spacial score (nSPS) is 25.1. The number of hydrogen-bond donors (Lipinski definition) is 1. The SMILES string of the molecule is CNCC1(C2(c3cc(Br)cs3)COC2)CC1. The van der Waals surface area contributed by atoms with Gasteiger partial charge in [0.15, 0.2) is 0 Å². The molecule has 88 valence electrons. The lowest BCUT2D eigenvalue weighted by molar-refractivity contribution is -0.0967. The van der Waals surface area contributed by atoms with Crippen LogP contribution in [0.4, 0.5) is 0 Å². The first-order valence-electron chi connectivity index (χ1n) is 5.69. The zero-order valence-corrected chi connectivity index (χ0v) is 11.8. The largest absolute Gasteiger partial charge is 0.379 e. The summed E-state index contributed by atoms with van der Waals surface area (Å²) in [6.07, 6.45) is 2.68. The Bertz CT molecular complexity index is 395. The highest BCUT2D eigenvalue weighted by Crippen LogP contribution is 2.63. The molecule has 1 aliphatic heterocycles. The van der Waals surface area contributed by atoms with Crippen LogP contribution in [-0.4, -0.2) is 26.8 Å². The quantitative estimate of drug-likeness (QED) is 0.923. The summed E-state index contributed by atoms with van der Waals surface area (Å²) in [5.41, 5.74) is 0.761. The molecule has 3 rings (SSSR count). The molecule has 2 heterocycles. The van der Waals surface area contributed by atoms with Gasteiger partial charge in [-0.05, 0) is 47.3 Å². The third-order valence-electron chi connectivity index (χ3n) is 4.12. The van der Waals surface area contributed by atoms with E-state index in [9.17, 15) is 0 Å². The van der Waals surface area contributed by atoms with Gasteiger partial charge in [-0.15, -0.1) is 11.3 Å². The predicted molar refractivity (Wildman–Crippen MR) is 70.1 cm³/mol. The molecule has 1 saturated heterocycles. The molecule has 1 aromatic heterocycles. The number of nitrogens with one attached hydrogen (secondary N) is 1. The second kappa shape index (κ2) is 3.80. The molecule has 0 bridgehead atoms. The number of halogens is 1. The third-order valence-corrected chi connectivity index (χ3v) is 6.02. The lowest BCUT2D eigenvalue weighted by Gasteiger charge is -2.47. The Morgan fingerprint density at radius 2 is 2.25 bits per heavy atom. The fourth-order valence-corrected chi connectivity index (χ4v) is 4.62. The van der Waals surface area contributed by atoms with Crippen molar-refractivity contribution in [3.63, 3.8) is 0 Å². The molecular formula is C12H16BrNOS. The fraction of sp³-hybridized carbons (Fsp3) is 0.667. The lowest BCUT2D eigenvalue weighted by Crippen LogP contribution is -2.55. The summed E-state index contributed by atoms with van der Waals surface area (Å²) in [4.78, 5) is 1.50. The molecule has 1 N–H and O–H groups in total. The van der Waals surface area contributed by atoms with Gasteiger partial charge in [0.1, 0.15) is 0 Å². The average molecular weight is 302 g/mol. The minimum Gasteiger partial charge on any atom is -0.379 e. The van der Waals surface area contributed by atoms with Crippen LogP contribution < -0.4 is 5.32 Å². The maximum Gasteiger partial charge on any atom is 0.0599 e. The Balaban J connectivity index is 1.94. The van der Waals surface area contributed by atoms with E-state index in [0.717, 1.165) is 19.8 Å². The number of ether oxygens (including phenoxy) is 1. The van der Waals surface area contributed by atoms with E-state index in [4.69, 9.17) is 4.74 Å². The Morgan fingerprint density at radius 1 is 1.50 bits per heavy atom. The zero-order valence-electron chi connectivity index (χ0n) is 9.38. The predicted octanol–water partition coefficient (Wildman–Crippen LogP) is 2.78. The third kappa shape index (κ3) is 1.43. The van der Waals surface area contributed by atoms with Gasteiger partial charge in [-0.25, -0.2) is 0 Å². The van der Waals surface area contributed by atoms with Gasteiger partial charge in [-0.3, -0.25) is 0 Å². The average Bonchev–Trinajstić information content (AvgIpc) is 2.82. The van der Waals surface area contributed by atoms with E-state index in [0.29, 0.717) is 10.8 Å². The summed E-state index contributed by atoms with van der Waals surface area (Å²) in [5, 5.41) is 5.54. The monoisotopic (exact) mass is 301 g/mol. The number of hydrogen-bond acceptors (Lipinski definition) is 3. The topological polar surface area (TPSA) is 21.3 Å². The van der Waals surface area contributed by atoms with E-state index in [2.05, 4.69) is 39.7 Å². The summed E-state index contributed by atoms with van der Waals surface area (Å²) in [6, 6.07) is 2.28. The van der Waals surface area contributed by atoms with E-state index in [-0.39, 0.29) is 0 Å². The fourth-order valence-electron chi connectivity index (χ4n) is 2.89. The molecule has 0 atom stereocenters. The summed E-state index contributed by atoms with van der Waals surface area (Å²) < 4.78 is 6.75. The van der Waals surface area contributed by atoms with Crippen molar-refractivity contribution in [3.05, 3.63) is 20.8 Å². The van der Waals surface area contributed by atoms with Gasteiger partial charge in [0.2, 0.25) is 0 Å². The van der Waals surface area contributed by atoms with Gasteiger partial charge in [-0.2, -0.15) is 0 Å². The van der Waals surface area contributed by atoms with Gasteiger partial charge in [0, 0.05) is 21.3 Å². The summed E-state index contributed by atoms with van der Waals surface area (Å²) in [6.45, 7) is 2.93. The highest BCUT2D eigenvalue weighted by atomic mass is 79.9. The van der Waals surface area contributed by atoms with Gasteiger partial charge >= 0.3 is 0 Å². The number of thiophene rings is 1. The molecule has 2 fully saturated rings. The molecule has 2 aliphatic rings. The first kappa shape index (κ1) is 11.2. The summed E-state index contributed by atoms with van der Waals surface area (Å²) in [7, 11) is 2.05. The molecule has 0 unspecified atom stereocenters. The smallest absolute Gasteiger partial charge is 0.0599 e. The van der Waals surface area contributed by atoms with Gasteiger partial charge in [0.05, 0.1) is 18.6 Å². The standard InChI is InChI=1S/C12H16BrNOS/c1-14-6-11(2-3-11)12(7-15-8-12)10-4-9(13)5-16-10/h4-5,14H,2-3,6-8H2,1H3. The van der Waals surface area contributed by atoms with Crippen LogP contribution in [0.1, 0.15) is 17.7 Å². The second-order valence-electron chi connectivity index (χ2n) is 5.01. The Hall–Kier alpha value is 0.1000. The van der Waals surface area contributed by atoms with Crippen molar-refractivity contribution in [2.24, 2.45) is 5.41 Å². The molecule has 1 aliphatic carbocycles. The maximum absolute atomic E-state index is 5.54. The lowest BCUT2D eigenvalue weighted by atomic mass is 9.69. The van der Waals surface area contributed by atoms with E-state index < -0.39 is 0 Å². The zero-order chi connectivity index (χ0) is 11.2. The van der Waals surface area contributed by atoms with Crippen LogP contribution in [0.2, 0.25) is 0 Å². The van der Waals surface area contributed by atoms with Crippen LogP contribution in [0.3, 0.4) is 0 Å². The van der Waals surface area contributed by atoms with Crippen molar-refractivity contribution in [1.82, 2.24) is 5.32 Å². The van der Waals surface area contributed by atoms with Crippen molar-refractivity contribution in [1.29, 1.82) is 0 Å². The molecule has 0 spiro atoms. The Labute approximate surface area is 109 Å². The summed E-state index contributed by atoms with van der Waals surface area (Å²) in [5.74, 6) is 0. The van der Waals surface area contributed by atoms with Crippen LogP contribution in [0, 0.1) is 5.41 Å². The molecule has 1 aromatic rings. The first-order valence-corrected chi connectivity index (χ1v) is 7.37. The summed E-state index contributed by atoms with van der Waals surface area (Å²) >= 11 is 5.43. The van der Waals surface area contributed by atoms with E-state index >= 15 is 0 Å². The number of rotatable bonds is 4. The van der Waals surface area contributed by atoms with Gasteiger partial charge in [0.25, 0.3) is 0 Å². The first-order chi connectivity index (χ1) is 7.72. The van der Waals surface area contributed by atoms with E-state index in [1.807, 2.05) is 11.3 Å². The van der Waals surface area contributed by atoms with Gasteiger partial charge in [-0.1, -0.05) is 0 Å². The molecular weight excluding hydrogens is 286 g/mol. The van der Waals surface area contributed by atoms with Crippen molar-refractivity contribution in [2.75, 3.05) is 26.8 Å². The molecule has 2 nitrogen and oxygen atoms in total. The van der Waals surface area contributed by atoms with Crippen LogP contribution in [0.25, 0.3) is 0 Å². The highest BCUT2D eigenvalue weighted by Gasteiger charge is 2.63. The second-order valence-corrected chi connectivity index (χ2v) is 6.84. The minimum absolute atomic E-state index is 0.298. The van der Waals surface area contributed by atoms with Crippen molar-refractivity contribution >= 4 is 27.3 Å². The van der Waals surface area contributed by atoms with Gasteiger partial charge < -0.3 is 10.1 Å². The van der Waals surface area contributed by atoms with E-state index in [1.54, 1.807) is 0 Å². The molecule has 1 saturated carbocycles. The Morgan fingerprint density at radius 3 is 2.62 bits per heavy atom. The highest BCUT2D eigenvalue weighted by molar-refractivity contribution is 9.10.